The van der Waals surface area contributed by atoms with Gasteiger partial charge in [0.25, 0.3) is 0 Å². The van der Waals surface area contributed by atoms with Gasteiger partial charge in [0.2, 0.25) is 0 Å². The molecule has 1 aliphatic rings. The number of methoxy groups -OCH3 is 1. The van der Waals surface area contributed by atoms with E-state index in [1.807, 2.05) is 18.2 Å². The Labute approximate surface area is 171 Å². The molecule has 0 bridgehead atoms. The number of nitrogens with zero attached hydrogens (tertiary/aromatic N) is 1. The third kappa shape index (κ3) is 3.85. The van der Waals surface area contributed by atoms with Crippen LogP contribution in [-0.2, 0) is 11.2 Å². The first-order valence-electron chi connectivity index (χ1n) is 8.95. The fourth-order valence-corrected chi connectivity index (χ4v) is 3.90. The van der Waals surface area contributed by atoms with Crippen LogP contribution in [0.4, 0.5) is 19.3 Å². The van der Waals surface area contributed by atoms with Crippen molar-refractivity contribution in [2.75, 3.05) is 12.0 Å². The Balaban J connectivity index is 2.19. The highest BCUT2D eigenvalue weighted by Crippen LogP contribution is 2.45. The van der Waals surface area contributed by atoms with Gasteiger partial charge in [-0.3, -0.25) is 4.90 Å². The SMILES string of the molecule is COc1ccccc1C1CCc2c(F)c(Br)cc(F)c2N1C(=O)OC(C)(C)C. The Bertz CT molecular complexity index is 911. The molecule has 0 saturated carbocycles. The van der Waals surface area contributed by atoms with E-state index < -0.39 is 29.4 Å². The molecule has 1 unspecified atom stereocenters. The molecule has 1 atom stereocenters. The predicted molar refractivity (Wildman–Crippen MR) is 107 cm³/mol. The maximum atomic E-state index is 14.9. The van der Waals surface area contributed by atoms with Gasteiger partial charge < -0.3 is 9.47 Å². The molecule has 0 N–H and O–H groups in total. The molecule has 2 aromatic rings. The van der Waals surface area contributed by atoms with Crippen LogP contribution >= 0.6 is 15.9 Å². The highest BCUT2D eigenvalue weighted by molar-refractivity contribution is 9.10. The lowest BCUT2D eigenvalue weighted by molar-refractivity contribution is 0.0557. The summed E-state index contributed by atoms with van der Waals surface area (Å²) in [5.74, 6) is -0.681. The second-order valence-corrected chi connectivity index (χ2v) is 8.48. The van der Waals surface area contributed by atoms with Gasteiger partial charge in [0.05, 0.1) is 23.3 Å². The molecule has 1 amide bonds. The van der Waals surface area contributed by atoms with Gasteiger partial charge in [-0.25, -0.2) is 13.6 Å². The van der Waals surface area contributed by atoms with Crippen LogP contribution in [-0.4, -0.2) is 18.8 Å². The second-order valence-electron chi connectivity index (χ2n) is 7.63. The summed E-state index contributed by atoms with van der Waals surface area (Å²) in [6.07, 6.45) is -0.0520. The van der Waals surface area contributed by atoms with E-state index >= 15 is 0 Å². The number of rotatable bonds is 2. The van der Waals surface area contributed by atoms with Gasteiger partial charge in [0.1, 0.15) is 23.0 Å². The van der Waals surface area contributed by atoms with Crippen molar-refractivity contribution >= 4 is 27.7 Å². The van der Waals surface area contributed by atoms with Crippen molar-refractivity contribution < 1.29 is 23.0 Å². The van der Waals surface area contributed by atoms with E-state index in [0.29, 0.717) is 17.7 Å². The van der Waals surface area contributed by atoms with Crippen LogP contribution in [0.25, 0.3) is 0 Å². The van der Waals surface area contributed by atoms with E-state index in [1.54, 1.807) is 26.8 Å². The normalized spacial score (nSPS) is 16.5. The number of benzene rings is 2. The molecule has 150 valence electrons. The van der Waals surface area contributed by atoms with Crippen LogP contribution in [0.15, 0.2) is 34.8 Å². The van der Waals surface area contributed by atoms with Crippen LogP contribution in [0.1, 0.15) is 44.4 Å². The maximum Gasteiger partial charge on any atom is 0.415 e. The number of anilines is 1. The zero-order valence-corrected chi connectivity index (χ0v) is 17.8. The summed E-state index contributed by atoms with van der Waals surface area (Å²) in [5.41, 5.74) is -0.00468. The number of halogens is 3. The molecule has 0 radical (unpaired) electrons. The zero-order chi connectivity index (χ0) is 20.6. The molecule has 0 spiro atoms. The second kappa shape index (κ2) is 7.70. The predicted octanol–water partition coefficient (Wildman–Crippen LogP) is 6.16. The van der Waals surface area contributed by atoms with E-state index in [4.69, 9.17) is 9.47 Å². The van der Waals surface area contributed by atoms with Crippen molar-refractivity contribution in [1.29, 1.82) is 0 Å². The van der Waals surface area contributed by atoms with Crippen LogP contribution in [0.2, 0.25) is 0 Å². The lowest BCUT2D eigenvalue weighted by Gasteiger charge is -2.39. The van der Waals surface area contributed by atoms with E-state index in [1.165, 1.54) is 12.0 Å². The van der Waals surface area contributed by atoms with Crippen molar-refractivity contribution in [2.45, 2.75) is 45.3 Å². The van der Waals surface area contributed by atoms with E-state index in [9.17, 15) is 13.6 Å². The number of carbonyl (C=O) groups excluding carboxylic acids is 1. The molecule has 3 rings (SSSR count). The number of amides is 1. The van der Waals surface area contributed by atoms with Crippen molar-refractivity contribution in [3.63, 3.8) is 0 Å². The zero-order valence-electron chi connectivity index (χ0n) is 16.2. The Morgan fingerprint density at radius 3 is 2.57 bits per heavy atom. The fraction of sp³-hybridized carbons (Fsp3) is 0.381. The third-order valence-corrected chi connectivity index (χ3v) is 5.13. The number of ether oxygens (including phenoxy) is 2. The molecular formula is C21H22BrF2NO3. The quantitative estimate of drug-likeness (QED) is 0.510. The summed E-state index contributed by atoms with van der Waals surface area (Å²) in [6.45, 7) is 5.19. The average Bonchev–Trinajstić information content (AvgIpc) is 2.63. The number of fused-ring (bicyclic) bond motifs is 1. The molecule has 4 nitrogen and oxygen atoms in total. The van der Waals surface area contributed by atoms with Crippen molar-refractivity contribution in [3.05, 3.63) is 57.6 Å². The number of hydrogen-bond acceptors (Lipinski definition) is 3. The molecule has 7 heteroatoms. The van der Waals surface area contributed by atoms with E-state index in [-0.39, 0.29) is 22.1 Å². The minimum absolute atomic E-state index is 0.0311. The molecular weight excluding hydrogens is 432 g/mol. The smallest absolute Gasteiger partial charge is 0.415 e. The Morgan fingerprint density at radius 2 is 1.93 bits per heavy atom. The minimum Gasteiger partial charge on any atom is -0.496 e. The molecule has 1 heterocycles. The molecule has 0 saturated heterocycles. The van der Waals surface area contributed by atoms with Gasteiger partial charge in [-0.05, 0) is 61.7 Å². The highest BCUT2D eigenvalue weighted by atomic mass is 79.9. The molecule has 0 aliphatic carbocycles. The lowest BCUT2D eigenvalue weighted by Crippen LogP contribution is -2.42. The van der Waals surface area contributed by atoms with Crippen molar-refractivity contribution in [2.24, 2.45) is 0 Å². The summed E-state index contributed by atoms with van der Waals surface area (Å²) in [4.78, 5) is 14.3. The largest absolute Gasteiger partial charge is 0.496 e. The topological polar surface area (TPSA) is 38.8 Å². The monoisotopic (exact) mass is 453 g/mol. The minimum atomic E-state index is -0.787. The standard InChI is InChI=1S/C21H22BrF2NO3/c1-21(2,3)28-20(26)25-16(12-7-5-6-8-17(12)27-4)10-9-13-18(24)14(22)11-15(23)19(13)25/h5-8,11,16H,9-10H2,1-4H3. The van der Waals surface area contributed by atoms with E-state index in [0.717, 1.165) is 6.07 Å². The van der Waals surface area contributed by atoms with Gasteiger partial charge in [0, 0.05) is 11.1 Å². The van der Waals surface area contributed by atoms with Crippen molar-refractivity contribution in [1.82, 2.24) is 0 Å². The Hall–Kier alpha value is -2.15. The first kappa shape index (κ1) is 20.6. The van der Waals surface area contributed by atoms with E-state index in [2.05, 4.69) is 15.9 Å². The molecule has 2 aromatic carbocycles. The average molecular weight is 454 g/mol. The number of para-hydroxylation sites is 1. The molecule has 0 fully saturated rings. The maximum absolute atomic E-state index is 14.9. The van der Waals surface area contributed by atoms with Crippen LogP contribution in [0, 0.1) is 11.6 Å². The van der Waals surface area contributed by atoms with Crippen molar-refractivity contribution in [3.8, 4) is 5.75 Å². The molecule has 28 heavy (non-hydrogen) atoms. The fourth-order valence-electron chi connectivity index (χ4n) is 3.46. The molecule has 0 aromatic heterocycles. The highest BCUT2D eigenvalue weighted by Gasteiger charge is 2.39. The number of carbonyl (C=O) groups is 1. The van der Waals surface area contributed by atoms with Crippen LogP contribution in [0.5, 0.6) is 5.75 Å². The first-order chi connectivity index (χ1) is 13.1. The van der Waals surface area contributed by atoms with Gasteiger partial charge in [-0.1, -0.05) is 18.2 Å². The summed E-state index contributed by atoms with van der Waals surface area (Å²) in [6, 6.07) is 7.72. The summed E-state index contributed by atoms with van der Waals surface area (Å²) in [7, 11) is 1.53. The van der Waals surface area contributed by atoms with Gasteiger partial charge in [-0.2, -0.15) is 0 Å². The molecule has 1 aliphatic heterocycles. The van der Waals surface area contributed by atoms with Crippen LogP contribution < -0.4 is 9.64 Å². The van der Waals surface area contributed by atoms with Gasteiger partial charge >= 0.3 is 6.09 Å². The van der Waals surface area contributed by atoms with Crippen LogP contribution in [0.3, 0.4) is 0 Å². The Morgan fingerprint density at radius 1 is 1.25 bits per heavy atom. The van der Waals surface area contributed by atoms with Gasteiger partial charge in [0.15, 0.2) is 0 Å². The third-order valence-electron chi connectivity index (χ3n) is 4.55. The number of hydrogen-bond donors (Lipinski definition) is 0. The lowest BCUT2D eigenvalue weighted by atomic mass is 9.90. The van der Waals surface area contributed by atoms with Gasteiger partial charge in [-0.15, -0.1) is 0 Å². The summed E-state index contributed by atoms with van der Waals surface area (Å²) in [5, 5.41) is 0. The summed E-state index contributed by atoms with van der Waals surface area (Å²) < 4.78 is 40.6. The first-order valence-corrected chi connectivity index (χ1v) is 9.75. The summed E-state index contributed by atoms with van der Waals surface area (Å²) >= 11 is 3.04. The Kier molecular flexibility index (Phi) is 5.66.